The zero-order valence-corrected chi connectivity index (χ0v) is 17.5. The van der Waals surface area contributed by atoms with E-state index >= 15 is 0 Å². The van der Waals surface area contributed by atoms with Gasteiger partial charge >= 0.3 is 0 Å². The highest BCUT2D eigenvalue weighted by atomic mass is 16.5. The van der Waals surface area contributed by atoms with E-state index in [1.807, 2.05) is 25.1 Å². The molecule has 1 aliphatic carbocycles. The summed E-state index contributed by atoms with van der Waals surface area (Å²) in [5, 5.41) is 18.1. The van der Waals surface area contributed by atoms with Crippen molar-refractivity contribution in [3.8, 4) is 11.5 Å². The highest BCUT2D eigenvalue weighted by Gasteiger charge is 2.37. The molecule has 0 bridgehead atoms. The fraction of sp³-hybridized carbons (Fsp3) is 0.435. The second-order valence-corrected chi connectivity index (χ2v) is 7.61. The van der Waals surface area contributed by atoms with Crippen molar-refractivity contribution >= 4 is 11.6 Å². The van der Waals surface area contributed by atoms with Gasteiger partial charge in [-0.3, -0.25) is 15.4 Å². The first-order valence-electron chi connectivity index (χ1n) is 10.3. The van der Waals surface area contributed by atoms with Gasteiger partial charge in [-0.15, -0.1) is 0 Å². The third-order valence-electron chi connectivity index (χ3n) is 5.84. The topological polar surface area (TPSA) is 97.0 Å². The Morgan fingerprint density at radius 3 is 2.70 bits per heavy atom. The Bertz CT molecular complexity index is 971. The van der Waals surface area contributed by atoms with Gasteiger partial charge in [0.05, 0.1) is 38.7 Å². The number of rotatable bonds is 5. The van der Waals surface area contributed by atoms with Gasteiger partial charge in [0.1, 0.15) is 5.69 Å². The van der Waals surface area contributed by atoms with E-state index in [0.717, 1.165) is 35.2 Å². The number of aliphatic hydroxyl groups excluding tert-OH is 1. The number of aromatic nitrogens is 1. The summed E-state index contributed by atoms with van der Waals surface area (Å²) in [4.78, 5) is 9.46. The number of hydrogen-bond acceptors (Lipinski definition) is 7. The molecule has 2 aliphatic rings. The fourth-order valence-electron chi connectivity index (χ4n) is 4.37. The summed E-state index contributed by atoms with van der Waals surface area (Å²) in [5.74, 6) is 1.54. The molecule has 0 saturated heterocycles. The lowest BCUT2D eigenvalue weighted by Gasteiger charge is -2.37. The predicted octanol–water partition coefficient (Wildman–Crippen LogP) is 3.31. The van der Waals surface area contributed by atoms with Gasteiger partial charge in [0, 0.05) is 23.2 Å². The molecule has 158 valence electrons. The molecule has 0 radical (unpaired) electrons. The SMILES string of the molecule is CCOc1cc2c(cc1OC)C(c1ccc(C(=N)OC)nc1)=N[C@@H]1CC[C@@H](O)C[C@H]21. The number of benzene rings is 1. The van der Waals surface area contributed by atoms with Crippen LogP contribution in [0.5, 0.6) is 11.5 Å². The maximum atomic E-state index is 10.3. The van der Waals surface area contributed by atoms with Crippen LogP contribution in [0.3, 0.4) is 0 Å². The van der Waals surface area contributed by atoms with Crippen LogP contribution in [-0.4, -0.2) is 54.7 Å². The Balaban J connectivity index is 1.83. The molecular formula is C23H27N3O4. The third kappa shape index (κ3) is 3.65. The van der Waals surface area contributed by atoms with Gasteiger partial charge in [0.15, 0.2) is 11.5 Å². The van der Waals surface area contributed by atoms with E-state index in [1.165, 1.54) is 7.11 Å². The summed E-state index contributed by atoms with van der Waals surface area (Å²) in [5.41, 5.74) is 4.30. The van der Waals surface area contributed by atoms with Crippen LogP contribution in [-0.2, 0) is 4.74 Å². The van der Waals surface area contributed by atoms with Crippen molar-refractivity contribution in [2.24, 2.45) is 4.99 Å². The zero-order chi connectivity index (χ0) is 21.3. The second kappa shape index (κ2) is 8.44. The number of fused-ring (bicyclic) bond motifs is 3. The van der Waals surface area contributed by atoms with Gasteiger partial charge in [0.25, 0.3) is 0 Å². The van der Waals surface area contributed by atoms with Crippen LogP contribution in [0.4, 0.5) is 0 Å². The number of nitrogens with zero attached hydrogens (tertiary/aromatic N) is 2. The molecule has 0 amide bonds. The lowest BCUT2D eigenvalue weighted by molar-refractivity contribution is 0.111. The summed E-state index contributed by atoms with van der Waals surface area (Å²) in [6.45, 7) is 2.49. The van der Waals surface area contributed by atoms with Crippen LogP contribution in [0.2, 0.25) is 0 Å². The highest BCUT2D eigenvalue weighted by molar-refractivity contribution is 6.15. The van der Waals surface area contributed by atoms with E-state index in [9.17, 15) is 5.11 Å². The van der Waals surface area contributed by atoms with Crippen molar-refractivity contribution in [2.45, 2.75) is 44.2 Å². The minimum Gasteiger partial charge on any atom is -0.493 e. The number of pyridine rings is 1. The lowest BCUT2D eigenvalue weighted by atomic mass is 9.74. The molecule has 2 aromatic rings. The average Bonchev–Trinajstić information content (AvgIpc) is 2.78. The molecule has 1 fully saturated rings. The molecule has 2 heterocycles. The van der Waals surface area contributed by atoms with Crippen LogP contribution in [0.15, 0.2) is 35.5 Å². The summed E-state index contributed by atoms with van der Waals surface area (Å²) in [6, 6.07) is 7.81. The van der Waals surface area contributed by atoms with Gasteiger partial charge in [-0.25, -0.2) is 0 Å². The van der Waals surface area contributed by atoms with Crippen LogP contribution in [0.25, 0.3) is 0 Å². The molecule has 4 rings (SSSR count). The first-order valence-corrected chi connectivity index (χ1v) is 10.3. The van der Waals surface area contributed by atoms with Crippen molar-refractivity contribution in [3.63, 3.8) is 0 Å². The van der Waals surface area contributed by atoms with Crippen molar-refractivity contribution in [3.05, 3.63) is 52.8 Å². The predicted molar refractivity (Wildman–Crippen MR) is 114 cm³/mol. The molecule has 1 saturated carbocycles. The zero-order valence-electron chi connectivity index (χ0n) is 17.5. The number of hydrogen-bond donors (Lipinski definition) is 2. The minimum absolute atomic E-state index is 0.0249. The van der Waals surface area contributed by atoms with E-state index in [2.05, 4.69) is 4.98 Å². The Kier molecular flexibility index (Phi) is 5.72. The molecule has 0 unspecified atom stereocenters. The normalized spacial score (nSPS) is 22.4. The maximum Gasteiger partial charge on any atom is 0.232 e. The monoisotopic (exact) mass is 409 g/mol. The van der Waals surface area contributed by atoms with Crippen molar-refractivity contribution < 1.29 is 19.3 Å². The summed E-state index contributed by atoms with van der Waals surface area (Å²) in [6.07, 6.45) is 3.70. The Morgan fingerprint density at radius 1 is 1.20 bits per heavy atom. The molecule has 1 aromatic heterocycles. The lowest BCUT2D eigenvalue weighted by Crippen LogP contribution is -2.34. The van der Waals surface area contributed by atoms with Crippen LogP contribution >= 0.6 is 0 Å². The van der Waals surface area contributed by atoms with E-state index in [1.54, 1.807) is 19.4 Å². The van der Waals surface area contributed by atoms with Crippen LogP contribution in [0, 0.1) is 5.41 Å². The molecule has 3 atom stereocenters. The molecule has 1 aromatic carbocycles. The smallest absolute Gasteiger partial charge is 0.232 e. The van der Waals surface area contributed by atoms with Gasteiger partial charge in [0.2, 0.25) is 5.90 Å². The number of nitrogens with one attached hydrogen (secondary N) is 1. The van der Waals surface area contributed by atoms with E-state index in [4.69, 9.17) is 24.6 Å². The summed E-state index contributed by atoms with van der Waals surface area (Å²) < 4.78 is 16.4. The molecule has 0 spiro atoms. The van der Waals surface area contributed by atoms with Crippen LogP contribution < -0.4 is 9.47 Å². The largest absolute Gasteiger partial charge is 0.493 e. The second-order valence-electron chi connectivity index (χ2n) is 7.61. The maximum absolute atomic E-state index is 10.3. The summed E-state index contributed by atoms with van der Waals surface area (Å²) in [7, 11) is 3.09. The minimum atomic E-state index is -0.311. The van der Waals surface area contributed by atoms with Gasteiger partial charge < -0.3 is 19.3 Å². The Hall–Kier alpha value is -2.93. The molecule has 7 nitrogen and oxygen atoms in total. The number of methoxy groups -OCH3 is 2. The average molecular weight is 409 g/mol. The molecule has 30 heavy (non-hydrogen) atoms. The number of ether oxygens (including phenoxy) is 3. The van der Waals surface area contributed by atoms with E-state index in [-0.39, 0.29) is 24.0 Å². The number of aliphatic imine (C=N–C) groups is 1. The standard InChI is InChI=1S/C23H27N3O4/c1-4-30-21-10-15-16-9-14(27)6-8-18(16)26-22(17(15)11-20(21)28-2)13-5-7-19(25-12-13)23(24)29-3/h5,7,10-12,14,16,18,24,27H,4,6,8-9H2,1-3H3/t14-,16-,18-/m1/s1. The van der Waals surface area contributed by atoms with Gasteiger partial charge in [-0.05, 0) is 56.0 Å². The quantitative estimate of drug-likeness (QED) is 0.583. The summed E-state index contributed by atoms with van der Waals surface area (Å²) >= 11 is 0. The first kappa shape index (κ1) is 20.3. The number of aliphatic hydroxyl groups is 1. The molecule has 2 N–H and O–H groups in total. The van der Waals surface area contributed by atoms with Gasteiger partial charge in [-0.1, -0.05) is 0 Å². The van der Waals surface area contributed by atoms with Gasteiger partial charge in [-0.2, -0.15) is 0 Å². The van der Waals surface area contributed by atoms with Crippen molar-refractivity contribution in [1.29, 1.82) is 5.41 Å². The molecular weight excluding hydrogens is 382 g/mol. The van der Waals surface area contributed by atoms with E-state index in [0.29, 0.717) is 30.2 Å². The van der Waals surface area contributed by atoms with Crippen molar-refractivity contribution in [2.75, 3.05) is 20.8 Å². The van der Waals surface area contributed by atoms with Crippen molar-refractivity contribution in [1.82, 2.24) is 4.98 Å². The molecule has 1 aliphatic heterocycles. The van der Waals surface area contributed by atoms with E-state index < -0.39 is 0 Å². The fourth-order valence-corrected chi connectivity index (χ4v) is 4.37. The molecule has 7 heteroatoms. The third-order valence-corrected chi connectivity index (χ3v) is 5.84. The highest BCUT2D eigenvalue weighted by Crippen LogP contribution is 2.44. The van der Waals surface area contributed by atoms with Crippen LogP contribution in [0.1, 0.15) is 54.5 Å². The Labute approximate surface area is 176 Å². The Morgan fingerprint density at radius 2 is 2.03 bits per heavy atom. The first-order chi connectivity index (χ1) is 14.5.